The molecule has 0 heterocycles. The first-order valence-electron chi connectivity index (χ1n) is 9.69. The Morgan fingerprint density at radius 3 is 2.00 bits per heavy atom. The van der Waals surface area contributed by atoms with E-state index >= 15 is 0 Å². The fraction of sp³-hybridized carbons (Fsp3) is 0.429. The molecule has 0 aromatic heterocycles. The van der Waals surface area contributed by atoms with Gasteiger partial charge in [0.2, 0.25) is 0 Å². The molecule has 2 aliphatic carbocycles. The minimum Gasteiger partial charge on any atom is -0.406 e. The molecule has 31 heavy (non-hydrogen) atoms. The fourth-order valence-electron chi connectivity index (χ4n) is 4.38. The maximum absolute atomic E-state index is 12.3. The van der Waals surface area contributed by atoms with Gasteiger partial charge >= 0.3 is 12.4 Å². The van der Waals surface area contributed by atoms with Gasteiger partial charge in [-0.25, -0.2) is 4.90 Å². The minimum atomic E-state index is -4.86. The molecule has 168 valence electrons. The SMILES string of the molecule is CC1(C(O)(O)N(c2ccccc2)C(O)(O)Nc2ccc(OC(F)(F)F)cc2)CC12CC2. The highest BCUT2D eigenvalue weighted by atomic mass is 19.4. The van der Waals surface area contributed by atoms with Gasteiger partial charge in [-0.05, 0) is 61.1 Å². The zero-order valence-corrected chi connectivity index (χ0v) is 16.6. The van der Waals surface area contributed by atoms with E-state index in [-0.39, 0.29) is 16.8 Å². The first-order chi connectivity index (χ1) is 14.3. The highest BCUT2D eigenvalue weighted by molar-refractivity contribution is 5.55. The van der Waals surface area contributed by atoms with Gasteiger partial charge in [-0.3, -0.25) is 0 Å². The van der Waals surface area contributed by atoms with Gasteiger partial charge in [0, 0.05) is 16.8 Å². The van der Waals surface area contributed by atoms with Crippen LogP contribution in [-0.2, 0) is 0 Å². The normalized spacial score (nSPS) is 22.2. The molecule has 1 spiro atoms. The molecule has 1 unspecified atom stereocenters. The predicted octanol–water partition coefficient (Wildman–Crippen LogP) is 2.93. The number of nitrogens with one attached hydrogen (secondary N) is 1. The van der Waals surface area contributed by atoms with Gasteiger partial charge in [-0.15, -0.1) is 13.2 Å². The van der Waals surface area contributed by atoms with Crippen LogP contribution in [-0.4, -0.2) is 38.7 Å². The van der Waals surface area contributed by atoms with Crippen LogP contribution in [0.2, 0.25) is 0 Å². The van der Waals surface area contributed by atoms with Crippen LogP contribution in [0.3, 0.4) is 0 Å². The summed E-state index contributed by atoms with van der Waals surface area (Å²) in [5.41, 5.74) is -1.13. The lowest BCUT2D eigenvalue weighted by atomic mass is 9.97. The molecule has 0 radical (unpaired) electrons. The highest BCUT2D eigenvalue weighted by Crippen LogP contribution is 2.81. The molecule has 2 fully saturated rings. The third-order valence-corrected chi connectivity index (χ3v) is 6.37. The molecule has 2 aromatic carbocycles. The Bertz CT molecular complexity index is 946. The number of rotatable bonds is 7. The molecule has 2 saturated carbocycles. The zero-order valence-electron chi connectivity index (χ0n) is 16.6. The Kier molecular flexibility index (Phi) is 4.71. The number of aliphatic hydroxyl groups is 4. The van der Waals surface area contributed by atoms with Crippen molar-refractivity contribution in [1.82, 2.24) is 0 Å². The van der Waals surface area contributed by atoms with Crippen LogP contribution in [0.5, 0.6) is 5.75 Å². The number of anilines is 2. The van der Waals surface area contributed by atoms with E-state index in [1.165, 1.54) is 12.1 Å². The van der Waals surface area contributed by atoms with Crippen LogP contribution in [0.4, 0.5) is 24.5 Å². The molecular weight excluding hydrogens is 417 g/mol. The van der Waals surface area contributed by atoms with E-state index in [0.29, 0.717) is 11.3 Å². The fourth-order valence-corrected chi connectivity index (χ4v) is 4.38. The van der Waals surface area contributed by atoms with Crippen molar-refractivity contribution in [1.29, 1.82) is 0 Å². The monoisotopic (exact) mass is 440 g/mol. The van der Waals surface area contributed by atoms with Gasteiger partial charge in [0.1, 0.15) is 5.75 Å². The third-order valence-electron chi connectivity index (χ3n) is 6.37. The lowest BCUT2D eigenvalue weighted by molar-refractivity contribution is -0.274. The summed E-state index contributed by atoms with van der Waals surface area (Å²) in [6, 6.07) is 9.11. The summed E-state index contributed by atoms with van der Waals surface area (Å²) in [4.78, 5) is 0.660. The molecule has 0 amide bonds. The van der Waals surface area contributed by atoms with Crippen LogP contribution in [0, 0.1) is 10.8 Å². The van der Waals surface area contributed by atoms with Crippen LogP contribution in [0.1, 0.15) is 26.2 Å². The summed E-state index contributed by atoms with van der Waals surface area (Å²) >= 11 is 0. The third kappa shape index (κ3) is 3.80. The van der Waals surface area contributed by atoms with Gasteiger partial charge in [0.05, 0.1) is 0 Å². The molecule has 5 N–H and O–H groups in total. The van der Waals surface area contributed by atoms with Gasteiger partial charge in [-0.1, -0.05) is 25.1 Å². The molecule has 10 heteroatoms. The Labute approximate surface area is 176 Å². The topological polar surface area (TPSA) is 105 Å². The summed E-state index contributed by atoms with van der Waals surface area (Å²) in [6.07, 6.45) is -2.72. The second kappa shape index (κ2) is 6.73. The molecule has 7 nitrogen and oxygen atoms in total. The lowest BCUT2D eigenvalue weighted by Crippen LogP contribution is -2.68. The molecule has 2 aliphatic rings. The van der Waals surface area contributed by atoms with Gasteiger partial charge in [0.15, 0.2) is 0 Å². The molecule has 0 saturated heterocycles. The number of hydrogen-bond donors (Lipinski definition) is 5. The van der Waals surface area contributed by atoms with Crippen molar-refractivity contribution in [2.24, 2.45) is 10.8 Å². The van der Waals surface area contributed by atoms with Gasteiger partial charge < -0.3 is 30.5 Å². The lowest BCUT2D eigenvalue weighted by Gasteiger charge is -2.47. The summed E-state index contributed by atoms with van der Waals surface area (Å²) in [6.45, 7) is 1.68. The average molecular weight is 440 g/mol. The summed E-state index contributed by atoms with van der Waals surface area (Å²) < 4.78 is 40.8. The Morgan fingerprint density at radius 2 is 1.52 bits per heavy atom. The number of para-hydroxylation sites is 1. The van der Waals surface area contributed by atoms with Crippen molar-refractivity contribution < 1.29 is 38.3 Å². The maximum Gasteiger partial charge on any atom is 0.573 e. The Balaban J connectivity index is 1.63. The van der Waals surface area contributed by atoms with Crippen LogP contribution < -0.4 is 15.0 Å². The largest absolute Gasteiger partial charge is 0.573 e. The van der Waals surface area contributed by atoms with Crippen molar-refractivity contribution >= 4 is 11.4 Å². The van der Waals surface area contributed by atoms with E-state index in [2.05, 4.69) is 10.1 Å². The number of benzene rings is 2. The van der Waals surface area contributed by atoms with Crippen molar-refractivity contribution in [2.75, 3.05) is 10.2 Å². The van der Waals surface area contributed by atoms with Gasteiger partial charge in [-0.2, -0.15) is 0 Å². The molecule has 0 aliphatic heterocycles. The van der Waals surface area contributed by atoms with E-state index < -0.39 is 29.5 Å². The first-order valence-corrected chi connectivity index (χ1v) is 9.69. The van der Waals surface area contributed by atoms with Crippen molar-refractivity contribution in [2.45, 2.75) is 44.5 Å². The van der Waals surface area contributed by atoms with Crippen LogP contribution in [0.15, 0.2) is 54.6 Å². The summed E-state index contributed by atoms with van der Waals surface area (Å²) in [5, 5.41) is 46.5. The molecular formula is C21H23F3N2O5. The first kappa shape index (κ1) is 21.7. The second-order valence-corrected chi connectivity index (χ2v) is 8.43. The smallest absolute Gasteiger partial charge is 0.406 e. The number of ether oxygens (including phenoxy) is 1. The zero-order chi connectivity index (χ0) is 22.7. The molecule has 4 rings (SSSR count). The number of halogens is 3. The predicted molar refractivity (Wildman–Crippen MR) is 104 cm³/mol. The highest BCUT2D eigenvalue weighted by Gasteiger charge is 2.81. The second-order valence-electron chi connectivity index (χ2n) is 8.43. The molecule has 1 atom stereocenters. The Hall–Kier alpha value is -2.53. The maximum atomic E-state index is 12.3. The summed E-state index contributed by atoms with van der Waals surface area (Å²) in [7, 11) is 0. The standard InChI is InChI=1S/C21H23F3N2O5/c1-17(13-18(17)11-12-18)19(27,28)26(15-5-3-2-4-6-15)21(29,30)25-14-7-9-16(10-8-14)31-20(22,23)24/h2-10,25,27-30H,11-13H2,1H3. The quantitative estimate of drug-likeness (QED) is 0.422. The van der Waals surface area contributed by atoms with Gasteiger partial charge in [0.25, 0.3) is 5.91 Å². The van der Waals surface area contributed by atoms with E-state index in [4.69, 9.17) is 0 Å². The Morgan fingerprint density at radius 1 is 0.935 bits per heavy atom. The van der Waals surface area contributed by atoms with E-state index in [9.17, 15) is 33.6 Å². The minimum absolute atomic E-state index is 0.0124. The van der Waals surface area contributed by atoms with Crippen molar-refractivity contribution in [3.63, 3.8) is 0 Å². The summed E-state index contributed by atoms with van der Waals surface area (Å²) in [5.74, 6) is -3.12. The van der Waals surface area contributed by atoms with Crippen molar-refractivity contribution in [3.05, 3.63) is 54.6 Å². The number of nitrogens with zero attached hydrogens (tertiary/aromatic N) is 1. The van der Waals surface area contributed by atoms with E-state index in [0.717, 1.165) is 37.1 Å². The molecule has 0 bridgehead atoms. The van der Waals surface area contributed by atoms with Crippen LogP contribution >= 0.6 is 0 Å². The van der Waals surface area contributed by atoms with Crippen molar-refractivity contribution in [3.8, 4) is 5.75 Å². The average Bonchev–Trinajstić information content (AvgIpc) is 3.54. The molecule has 2 aromatic rings. The number of hydrogen-bond acceptors (Lipinski definition) is 7. The van der Waals surface area contributed by atoms with E-state index in [1.54, 1.807) is 25.1 Å². The number of alkyl halides is 3. The van der Waals surface area contributed by atoms with Crippen LogP contribution in [0.25, 0.3) is 0 Å². The van der Waals surface area contributed by atoms with E-state index in [1.807, 2.05) is 0 Å².